The summed E-state index contributed by atoms with van der Waals surface area (Å²) in [5, 5.41) is 10.9. The van der Waals surface area contributed by atoms with Gasteiger partial charge in [0.1, 0.15) is 0 Å². The van der Waals surface area contributed by atoms with E-state index in [9.17, 15) is 5.11 Å². The van der Waals surface area contributed by atoms with Gasteiger partial charge in [-0.15, -0.1) is 0 Å². The highest BCUT2D eigenvalue weighted by Gasteiger charge is 2.45. The van der Waals surface area contributed by atoms with E-state index in [-0.39, 0.29) is 11.5 Å². The molecule has 3 atom stereocenters. The second-order valence-corrected chi connectivity index (χ2v) is 6.54. The number of hydrogen-bond donors (Lipinski definition) is 1. The minimum absolute atomic E-state index is 0.135. The van der Waals surface area contributed by atoms with Gasteiger partial charge in [-0.3, -0.25) is 0 Å². The fourth-order valence-electron chi connectivity index (χ4n) is 3.58. The van der Waals surface area contributed by atoms with Crippen LogP contribution in [0.3, 0.4) is 0 Å². The molecule has 2 aliphatic heterocycles. The Hall–Kier alpha value is -0.900. The Morgan fingerprint density at radius 2 is 2.10 bits per heavy atom. The van der Waals surface area contributed by atoms with E-state index in [4.69, 9.17) is 9.47 Å². The van der Waals surface area contributed by atoms with E-state index >= 15 is 0 Å². The van der Waals surface area contributed by atoms with Gasteiger partial charge >= 0.3 is 0 Å². The van der Waals surface area contributed by atoms with Crippen molar-refractivity contribution in [2.45, 2.75) is 43.8 Å². The smallest absolute Gasteiger partial charge is 0.0940 e. The average Bonchev–Trinajstić information content (AvgIpc) is 2.87. The summed E-state index contributed by atoms with van der Waals surface area (Å²) in [6.45, 7) is 4.18. The first-order chi connectivity index (χ1) is 9.60. The zero-order valence-corrected chi connectivity index (χ0v) is 12.2. The number of aliphatic hydroxyl groups is 1. The van der Waals surface area contributed by atoms with Crippen LogP contribution in [0.15, 0.2) is 30.3 Å². The molecule has 1 aromatic rings. The summed E-state index contributed by atoms with van der Waals surface area (Å²) in [5.41, 5.74) is 0.380. The standard InChI is InChI=1S/C17H24O3/c1-16(18,11-14-5-3-2-4-6-14)15-7-9-20-17(12-15)8-10-19-13-17/h2-6,15,18H,7-13H2,1H3. The third-order valence-corrected chi connectivity index (χ3v) is 4.84. The Morgan fingerprint density at radius 3 is 2.80 bits per heavy atom. The predicted molar refractivity (Wildman–Crippen MR) is 77.6 cm³/mol. The van der Waals surface area contributed by atoms with Crippen molar-refractivity contribution in [2.75, 3.05) is 19.8 Å². The Bertz CT molecular complexity index is 435. The molecule has 1 N–H and O–H groups in total. The van der Waals surface area contributed by atoms with Crippen LogP contribution in [0.1, 0.15) is 31.7 Å². The predicted octanol–water partition coefficient (Wildman–Crippen LogP) is 2.57. The molecule has 3 rings (SSSR count). The molecule has 3 unspecified atom stereocenters. The van der Waals surface area contributed by atoms with E-state index in [1.165, 1.54) is 5.56 Å². The first-order valence-corrected chi connectivity index (χ1v) is 7.58. The molecule has 2 aliphatic rings. The van der Waals surface area contributed by atoms with Crippen molar-refractivity contribution in [3.05, 3.63) is 35.9 Å². The van der Waals surface area contributed by atoms with Gasteiger partial charge in [0, 0.05) is 26.1 Å². The van der Waals surface area contributed by atoms with Gasteiger partial charge in [0.15, 0.2) is 0 Å². The van der Waals surface area contributed by atoms with Gasteiger partial charge in [0.25, 0.3) is 0 Å². The van der Waals surface area contributed by atoms with Gasteiger partial charge in [-0.05, 0) is 31.2 Å². The molecule has 0 radical (unpaired) electrons. The average molecular weight is 276 g/mol. The van der Waals surface area contributed by atoms with E-state index in [0.717, 1.165) is 32.5 Å². The van der Waals surface area contributed by atoms with Gasteiger partial charge in [-0.25, -0.2) is 0 Å². The van der Waals surface area contributed by atoms with Crippen LogP contribution in [0.5, 0.6) is 0 Å². The minimum Gasteiger partial charge on any atom is -0.390 e. The largest absolute Gasteiger partial charge is 0.390 e. The van der Waals surface area contributed by atoms with Crippen molar-refractivity contribution in [2.24, 2.45) is 5.92 Å². The van der Waals surface area contributed by atoms with Crippen LogP contribution in [0.25, 0.3) is 0 Å². The Balaban J connectivity index is 1.70. The lowest BCUT2D eigenvalue weighted by molar-refractivity contribution is -0.138. The molecule has 0 bridgehead atoms. The number of ether oxygens (including phenoxy) is 2. The van der Waals surface area contributed by atoms with Crippen molar-refractivity contribution in [1.29, 1.82) is 0 Å². The van der Waals surface area contributed by atoms with Crippen molar-refractivity contribution in [3.63, 3.8) is 0 Å². The molecule has 0 amide bonds. The lowest BCUT2D eigenvalue weighted by Gasteiger charge is -2.43. The maximum Gasteiger partial charge on any atom is 0.0940 e. The SMILES string of the molecule is CC(O)(Cc1ccccc1)C1CCOC2(CCOC2)C1. The zero-order chi connectivity index (χ0) is 14.1. The Kier molecular flexibility index (Phi) is 3.85. The highest BCUT2D eigenvalue weighted by atomic mass is 16.6. The number of benzene rings is 1. The second kappa shape index (κ2) is 5.47. The van der Waals surface area contributed by atoms with Gasteiger partial charge in [-0.1, -0.05) is 30.3 Å². The highest BCUT2D eigenvalue weighted by molar-refractivity contribution is 5.17. The normalized spacial score (nSPS) is 33.2. The minimum atomic E-state index is -0.680. The van der Waals surface area contributed by atoms with E-state index in [1.807, 2.05) is 25.1 Å². The summed E-state index contributed by atoms with van der Waals surface area (Å²) in [6.07, 6.45) is 3.51. The fraction of sp³-hybridized carbons (Fsp3) is 0.647. The first kappa shape index (κ1) is 14.1. The summed E-state index contributed by atoms with van der Waals surface area (Å²) in [4.78, 5) is 0. The van der Waals surface area contributed by atoms with Crippen molar-refractivity contribution in [3.8, 4) is 0 Å². The van der Waals surface area contributed by atoms with E-state index in [0.29, 0.717) is 13.0 Å². The molecular formula is C17H24O3. The molecule has 2 fully saturated rings. The summed E-state index contributed by atoms with van der Waals surface area (Å²) in [7, 11) is 0. The van der Waals surface area contributed by atoms with Crippen LogP contribution < -0.4 is 0 Å². The van der Waals surface area contributed by atoms with Gasteiger partial charge < -0.3 is 14.6 Å². The van der Waals surface area contributed by atoms with E-state index in [1.54, 1.807) is 0 Å². The van der Waals surface area contributed by atoms with Crippen LogP contribution in [0, 0.1) is 5.92 Å². The highest BCUT2D eigenvalue weighted by Crippen LogP contribution is 2.41. The molecule has 3 nitrogen and oxygen atoms in total. The monoisotopic (exact) mass is 276 g/mol. The molecule has 2 heterocycles. The number of hydrogen-bond acceptors (Lipinski definition) is 3. The first-order valence-electron chi connectivity index (χ1n) is 7.58. The lowest BCUT2D eigenvalue weighted by atomic mass is 9.74. The van der Waals surface area contributed by atoms with E-state index < -0.39 is 5.60 Å². The van der Waals surface area contributed by atoms with Crippen molar-refractivity contribution >= 4 is 0 Å². The van der Waals surface area contributed by atoms with Crippen molar-refractivity contribution < 1.29 is 14.6 Å². The molecule has 0 aliphatic carbocycles. The quantitative estimate of drug-likeness (QED) is 0.922. The summed E-state index contributed by atoms with van der Waals surface area (Å²) >= 11 is 0. The Morgan fingerprint density at radius 1 is 1.30 bits per heavy atom. The molecular weight excluding hydrogens is 252 g/mol. The number of rotatable bonds is 3. The molecule has 3 heteroatoms. The van der Waals surface area contributed by atoms with Gasteiger partial charge in [0.2, 0.25) is 0 Å². The van der Waals surface area contributed by atoms with Gasteiger partial charge in [-0.2, -0.15) is 0 Å². The maximum atomic E-state index is 10.9. The molecule has 110 valence electrons. The molecule has 1 aromatic carbocycles. The molecule has 1 spiro atoms. The maximum absolute atomic E-state index is 10.9. The summed E-state index contributed by atoms with van der Waals surface area (Å²) in [6, 6.07) is 10.2. The summed E-state index contributed by atoms with van der Waals surface area (Å²) in [5.74, 6) is 0.276. The van der Waals surface area contributed by atoms with Crippen LogP contribution in [-0.2, 0) is 15.9 Å². The molecule has 20 heavy (non-hydrogen) atoms. The Labute approximate surface area is 120 Å². The van der Waals surface area contributed by atoms with E-state index in [2.05, 4.69) is 12.1 Å². The second-order valence-electron chi connectivity index (χ2n) is 6.54. The van der Waals surface area contributed by atoms with Crippen LogP contribution in [0.4, 0.5) is 0 Å². The third-order valence-electron chi connectivity index (χ3n) is 4.84. The molecule has 0 saturated carbocycles. The van der Waals surface area contributed by atoms with Gasteiger partial charge in [0.05, 0.1) is 17.8 Å². The lowest BCUT2D eigenvalue weighted by Crippen LogP contribution is -2.48. The third kappa shape index (κ3) is 2.90. The zero-order valence-electron chi connectivity index (χ0n) is 12.2. The molecule has 2 saturated heterocycles. The fourth-order valence-corrected chi connectivity index (χ4v) is 3.58. The topological polar surface area (TPSA) is 38.7 Å². The van der Waals surface area contributed by atoms with Crippen LogP contribution in [0.2, 0.25) is 0 Å². The van der Waals surface area contributed by atoms with Crippen LogP contribution in [-0.4, -0.2) is 36.1 Å². The molecule has 0 aromatic heterocycles. The van der Waals surface area contributed by atoms with Crippen molar-refractivity contribution in [1.82, 2.24) is 0 Å². The summed E-state index contributed by atoms with van der Waals surface area (Å²) < 4.78 is 11.5. The van der Waals surface area contributed by atoms with Crippen LogP contribution >= 0.6 is 0 Å².